The lowest BCUT2D eigenvalue weighted by Gasteiger charge is -2.10. The summed E-state index contributed by atoms with van der Waals surface area (Å²) in [6.45, 7) is 0. The summed E-state index contributed by atoms with van der Waals surface area (Å²) < 4.78 is 38.6. The summed E-state index contributed by atoms with van der Waals surface area (Å²) in [5.74, 6) is -0.893. The number of nitrogens with zero attached hydrogens (tertiary/aromatic N) is 1. The van der Waals surface area contributed by atoms with Gasteiger partial charge in [0, 0.05) is 17.5 Å². The molecule has 0 saturated carbocycles. The van der Waals surface area contributed by atoms with Crippen LogP contribution in [0.2, 0.25) is 0 Å². The van der Waals surface area contributed by atoms with Crippen molar-refractivity contribution in [3.05, 3.63) is 41.7 Å². The Morgan fingerprint density at radius 3 is 2.65 bits per heavy atom. The number of benzene rings is 1. The van der Waals surface area contributed by atoms with Crippen LogP contribution in [-0.2, 0) is 17.4 Å². The van der Waals surface area contributed by atoms with E-state index in [1.165, 1.54) is 24.4 Å². The largest absolute Gasteiger partial charge is 0.481 e. The van der Waals surface area contributed by atoms with Crippen LogP contribution in [0, 0.1) is 0 Å². The third-order valence-electron chi connectivity index (χ3n) is 2.72. The standard InChI is InChI=1S/C13H11F3N2O2/c14-13(15,16)10-4-2-1-3-9(10)12-17-7-8(18-12)5-6-11(19)20/h1-4,7H,5-6H2,(H,17,18)(H,19,20). The molecule has 0 unspecified atom stereocenters. The summed E-state index contributed by atoms with van der Waals surface area (Å²) in [5.41, 5.74) is -0.347. The zero-order chi connectivity index (χ0) is 14.8. The fourth-order valence-corrected chi connectivity index (χ4v) is 1.80. The summed E-state index contributed by atoms with van der Waals surface area (Å²) in [7, 11) is 0. The maximum Gasteiger partial charge on any atom is 0.417 e. The molecule has 0 amide bonds. The van der Waals surface area contributed by atoms with Crippen molar-refractivity contribution in [1.29, 1.82) is 0 Å². The number of aromatic amines is 1. The molecular formula is C13H11F3N2O2. The van der Waals surface area contributed by atoms with Gasteiger partial charge in [0.1, 0.15) is 5.82 Å². The number of alkyl halides is 3. The number of H-pyrrole nitrogens is 1. The van der Waals surface area contributed by atoms with Gasteiger partial charge in [-0.3, -0.25) is 4.79 Å². The van der Waals surface area contributed by atoms with Crippen molar-refractivity contribution in [1.82, 2.24) is 9.97 Å². The Hall–Kier alpha value is -2.31. The van der Waals surface area contributed by atoms with Crippen LogP contribution in [0.25, 0.3) is 11.4 Å². The number of imidazole rings is 1. The van der Waals surface area contributed by atoms with Gasteiger partial charge in [0.2, 0.25) is 0 Å². The van der Waals surface area contributed by atoms with E-state index >= 15 is 0 Å². The van der Waals surface area contributed by atoms with Crippen LogP contribution in [0.4, 0.5) is 13.2 Å². The summed E-state index contributed by atoms with van der Waals surface area (Å²) in [6, 6.07) is 5.10. The van der Waals surface area contributed by atoms with Crippen molar-refractivity contribution in [2.24, 2.45) is 0 Å². The van der Waals surface area contributed by atoms with Crippen LogP contribution >= 0.6 is 0 Å². The minimum Gasteiger partial charge on any atom is -0.481 e. The first-order valence-corrected chi connectivity index (χ1v) is 5.80. The highest BCUT2D eigenvalue weighted by Crippen LogP contribution is 2.35. The van der Waals surface area contributed by atoms with Crippen LogP contribution in [0.15, 0.2) is 30.5 Å². The SMILES string of the molecule is O=C(O)CCc1cnc(-c2ccccc2C(F)(F)F)[nH]1. The number of carbonyl (C=O) groups is 1. The Labute approximate surface area is 112 Å². The number of hydrogen-bond donors (Lipinski definition) is 2. The van der Waals surface area contributed by atoms with Gasteiger partial charge < -0.3 is 10.1 Å². The predicted molar refractivity (Wildman–Crippen MR) is 65.0 cm³/mol. The van der Waals surface area contributed by atoms with E-state index in [4.69, 9.17) is 5.11 Å². The molecule has 2 aromatic rings. The van der Waals surface area contributed by atoms with Gasteiger partial charge in [0.05, 0.1) is 12.0 Å². The number of aliphatic carboxylic acids is 1. The molecule has 0 aliphatic rings. The summed E-state index contributed by atoms with van der Waals surface area (Å²) in [6.07, 6.45) is -3.03. The van der Waals surface area contributed by atoms with Crippen molar-refractivity contribution >= 4 is 5.97 Å². The van der Waals surface area contributed by atoms with E-state index in [2.05, 4.69) is 9.97 Å². The molecule has 0 aliphatic carbocycles. The number of carboxylic acid groups (broad SMARTS) is 1. The molecular weight excluding hydrogens is 273 g/mol. The number of halogens is 3. The molecule has 7 heteroatoms. The lowest BCUT2D eigenvalue weighted by atomic mass is 10.1. The van der Waals surface area contributed by atoms with Gasteiger partial charge in [0.25, 0.3) is 0 Å². The van der Waals surface area contributed by atoms with Gasteiger partial charge in [-0.2, -0.15) is 13.2 Å². The average molecular weight is 284 g/mol. The van der Waals surface area contributed by atoms with E-state index in [0.29, 0.717) is 5.69 Å². The topological polar surface area (TPSA) is 66.0 Å². The highest BCUT2D eigenvalue weighted by Gasteiger charge is 2.33. The molecule has 0 bridgehead atoms. The van der Waals surface area contributed by atoms with Gasteiger partial charge in [-0.05, 0) is 12.5 Å². The molecule has 106 valence electrons. The molecule has 0 aliphatic heterocycles. The first-order valence-electron chi connectivity index (χ1n) is 5.80. The fourth-order valence-electron chi connectivity index (χ4n) is 1.80. The monoisotopic (exact) mass is 284 g/mol. The molecule has 1 aromatic carbocycles. The number of aromatic nitrogens is 2. The van der Waals surface area contributed by atoms with Crippen LogP contribution in [0.5, 0.6) is 0 Å². The molecule has 0 radical (unpaired) electrons. The summed E-state index contributed by atoms with van der Waals surface area (Å²) >= 11 is 0. The van der Waals surface area contributed by atoms with Gasteiger partial charge in [-0.15, -0.1) is 0 Å². The zero-order valence-electron chi connectivity index (χ0n) is 10.2. The molecule has 0 atom stereocenters. The van der Waals surface area contributed by atoms with Crippen molar-refractivity contribution in [3.63, 3.8) is 0 Å². The van der Waals surface area contributed by atoms with Gasteiger partial charge in [0.15, 0.2) is 0 Å². The number of hydrogen-bond acceptors (Lipinski definition) is 2. The molecule has 2 rings (SSSR count). The minimum atomic E-state index is -4.47. The van der Waals surface area contributed by atoms with Crippen LogP contribution in [0.3, 0.4) is 0 Å². The van der Waals surface area contributed by atoms with Gasteiger partial charge >= 0.3 is 12.1 Å². The molecule has 2 N–H and O–H groups in total. The Balaban J connectivity index is 2.31. The summed E-state index contributed by atoms with van der Waals surface area (Å²) in [4.78, 5) is 17.1. The highest BCUT2D eigenvalue weighted by atomic mass is 19.4. The number of carboxylic acids is 1. The third-order valence-corrected chi connectivity index (χ3v) is 2.72. The zero-order valence-corrected chi connectivity index (χ0v) is 10.2. The maximum atomic E-state index is 12.9. The quantitative estimate of drug-likeness (QED) is 0.906. The molecule has 1 heterocycles. The smallest absolute Gasteiger partial charge is 0.417 e. The lowest BCUT2D eigenvalue weighted by Crippen LogP contribution is -2.07. The van der Waals surface area contributed by atoms with Crippen molar-refractivity contribution < 1.29 is 23.1 Å². The Kier molecular flexibility index (Phi) is 3.78. The number of rotatable bonds is 4. The van der Waals surface area contributed by atoms with Gasteiger partial charge in [-0.1, -0.05) is 18.2 Å². The second kappa shape index (κ2) is 5.36. The van der Waals surface area contributed by atoms with E-state index in [9.17, 15) is 18.0 Å². The molecule has 0 saturated heterocycles. The van der Waals surface area contributed by atoms with E-state index in [1.54, 1.807) is 0 Å². The number of aryl methyl sites for hydroxylation is 1. The van der Waals surface area contributed by atoms with Crippen LogP contribution < -0.4 is 0 Å². The van der Waals surface area contributed by atoms with E-state index in [0.717, 1.165) is 6.07 Å². The normalized spacial score (nSPS) is 11.6. The number of nitrogens with one attached hydrogen (secondary N) is 1. The van der Waals surface area contributed by atoms with E-state index < -0.39 is 17.7 Å². The lowest BCUT2D eigenvalue weighted by molar-refractivity contribution is -0.137. The second-order valence-corrected chi connectivity index (χ2v) is 4.19. The van der Waals surface area contributed by atoms with Crippen molar-refractivity contribution in [2.45, 2.75) is 19.0 Å². The Bertz CT molecular complexity index is 620. The van der Waals surface area contributed by atoms with E-state index in [-0.39, 0.29) is 24.2 Å². The summed E-state index contributed by atoms with van der Waals surface area (Å²) in [5, 5.41) is 8.57. The van der Waals surface area contributed by atoms with E-state index in [1.807, 2.05) is 0 Å². The molecule has 0 spiro atoms. The first kappa shape index (κ1) is 14.1. The molecule has 0 fully saturated rings. The maximum absolute atomic E-state index is 12.9. The predicted octanol–water partition coefficient (Wildman–Crippen LogP) is 3.11. The van der Waals surface area contributed by atoms with Crippen molar-refractivity contribution in [3.8, 4) is 11.4 Å². The average Bonchev–Trinajstić information content (AvgIpc) is 2.84. The molecule has 1 aromatic heterocycles. The highest BCUT2D eigenvalue weighted by molar-refractivity contribution is 5.67. The molecule has 4 nitrogen and oxygen atoms in total. The van der Waals surface area contributed by atoms with Gasteiger partial charge in [-0.25, -0.2) is 4.98 Å². The Morgan fingerprint density at radius 1 is 1.30 bits per heavy atom. The fraction of sp³-hybridized carbons (Fsp3) is 0.231. The van der Waals surface area contributed by atoms with Crippen LogP contribution in [0.1, 0.15) is 17.7 Å². The second-order valence-electron chi connectivity index (χ2n) is 4.19. The molecule has 20 heavy (non-hydrogen) atoms. The Morgan fingerprint density at radius 2 is 2.00 bits per heavy atom. The van der Waals surface area contributed by atoms with Crippen molar-refractivity contribution in [2.75, 3.05) is 0 Å². The first-order chi connectivity index (χ1) is 9.38. The third kappa shape index (κ3) is 3.17. The minimum absolute atomic E-state index is 0.0541. The van der Waals surface area contributed by atoms with Crippen LogP contribution in [-0.4, -0.2) is 21.0 Å².